The zero-order valence-corrected chi connectivity index (χ0v) is 46.6. The quantitative estimate of drug-likeness (QED) is 0.0866. The minimum Gasteiger partial charge on any atom is -0.478 e. The molecular weight excluding hydrogens is 1060 g/mol. The number of benzene rings is 9. The Morgan fingerprint density at radius 3 is 0.726 bits per heavy atom. The molecule has 12 rings (SSSR count). The first kappa shape index (κ1) is 56.3. The number of carboxylic acids is 3. The first-order chi connectivity index (χ1) is 40.4. The first-order valence-corrected chi connectivity index (χ1v) is 26.6. The van der Waals surface area contributed by atoms with E-state index in [1.165, 1.54) is 14.4 Å². The summed E-state index contributed by atoms with van der Waals surface area (Å²) in [5.74, 6) is -2.07. The summed E-state index contributed by atoms with van der Waals surface area (Å²) >= 11 is 0. The molecule has 0 spiro atoms. The second-order valence-electron chi connectivity index (χ2n) is 20.3. The molecule has 0 aliphatic rings. The predicted molar refractivity (Wildman–Crippen MR) is 317 cm³/mol. The molecule has 0 bridgehead atoms. The Hall–Kier alpha value is -11.0. The first-order valence-electron chi connectivity index (χ1n) is 26.6. The van der Waals surface area contributed by atoms with Crippen molar-refractivity contribution in [1.29, 1.82) is 0 Å². The van der Waals surface area contributed by atoms with E-state index >= 15 is 0 Å². The van der Waals surface area contributed by atoms with Crippen LogP contribution < -0.4 is 14.2 Å². The lowest BCUT2D eigenvalue weighted by atomic mass is 9.96. The van der Waals surface area contributed by atoms with E-state index in [1.807, 2.05) is 148 Å². The second-order valence-corrected chi connectivity index (χ2v) is 20.3. The van der Waals surface area contributed by atoms with Gasteiger partial charge in [0.15, 0.2) is 0 Å². The number of aromatic nitrogens is 9. The van der Waals surface area contributed by atoms with Crippen molar-refractivity contribution in [3.8, 4) is 34.3 Å². The van der Waals surface area contributed by atoms with Crippen LogP contribution in [0.1, 0.15) is 54.2 Å². The van der Waals surface area contributed by atoms with Crippen molar-refractivity contribution >= 4 is 51.0 Å². The lowest BCUT2D eigenvalue weighted by molar-refractivity contribution is -0.155. The molecule has 0 amide bonds. The summed E-state index contributed by atoms with van der Waals surface area (Å²) < 4.78 is 18.3. The summed E-state index contributed by atoms with van der Waals surface area (Å²) in [5.41, 5.74) is 6.18. The molecule has 18 nitrogen and oxygen atoms in total. The molecule has 3 heterocycles. The summed E-state index contributed by atoms with van der Waals surface area (Å²) in [6, 6.07) is 65.8. The zero-order valence-electron chi connectivity index (χ0n) is 46.6. The lowest BCUT2D eigenvalue weighted by Crippen LogP contribution is -2.38. The Balaban J connectivity index is 0.000000140. The monoisotopic (exact) mass is 1120 g/mol. The molecule has 3 aromatic heterocycles. The number of aryl methyl sites for hydroxylation is 3. The van der Waals surface area contributed by atoms with Crippen molar-refractivity contribution in [2.75, 3.05) is 0 Å². The van der Waals surface area contributed by atoms with Crippen LogP contribution in [0.3, 0.4) is 0 Å². The van der Waals surface area contributed by atoms with Crippen molar-refractivity contribution in [2.45, 2.75) is 58.3 Å². The zero-order chi connectivity index (χ0) is 59.2. The predicted octanol–water partition coefficient (Wildman–Crippen LogP) is 12.3. The topological polar surface area (TPSA) is 232 Å². The summed E-state index contributed by atoms with van der Waals surface area (Å²) in [5, 5.41) is 56.8. The molecule has 12 aromatic rings. The minimum atomic E-state index is -1.56. The molecule has 0 fully saturated rings. The van der Waals surface area contributed by atoms with Crippen LogP contribution in [0, 0.1) is 20.8 Å². The van der Waals surface area contributed by atoms with Crippen molar-refractivity contribution in [3.05, 3.63) is 252 Å². The van der Waals surface area contributed by atoms with Crippen molar-refractivity contribution in [1.82, 2.24) is 45.0 Å². The standard InChI is InChI=1S/3C22H19N3O3/c3*1-15-12-13-20(28-22(2,21(26)27)16-8-4-3-5-9-16)19(14-15)25-23-17-10-6-7-11-18(17)24-25/h3*3-14H,1-2H3,(H,26,27). The van der Waals surface area contributed by atoms with Gasteiger partial charge in [0, 0.05) is 16.7 Å². The highest BCUT2D eigenvalue weighted by atomic mass is 16.5. The molecule has 0 aliphatic carbocycles. The molecule has 3 atom stereocenters. The van der Waals surface area contributed by atoms with E-state index in [0.717, 1.165) is 49.8 Å². The van der Waals surface area contributed by atoms with Crippen LogP contribution in [-0.4, -0.2) is 78.2 Å². The third-order valence-electron chi connectivity index (χ3n) is 14.0. The third-order valence-corrected chi connectivity index (χ3v) is 14.0. The molecule has 3 N–H and O–H groups in total. The normalized spacial score (nSPS) is 13.2. The van der Waals surface area contributed by atoms with Gasteiger partial charge >= 0.3 is 17.9 Å². The number of nitrogens with zero attached hydrogens (tertiary/aromatic N) is 9. The van der Waals surface area contributed by atoms with E-state index in [9.17, 15) is 29.7 Å². The second kappa shape index (κ2) is 23.6. The van der Waals surface area contributed by atoms with E-state index in [2.05, 4.69) is 30.6 Å². The van der Waals surface area contributed by atoms with Gasteiger partial charge in [0.25, 0.3) is 0 Å². The number of ether oxygens (including phenoxy) is 3. The Labute approximate surface area is 482 Å². The van der Waals surface area contributed by atoms with Crippen LogP contribution in [0.4, 0.5) is 0 Å². The molecule has 3 unspecified atom stereocenters. The average molecular weight is 1120 g/mol. The fourth-order valence-corrected chi connectivity index (χ4v) is 9.12. The number of carboxylic acid groups (broad SMARTS) is 3. The maximum atomic E-state index is 12.1. The van der Waals surface area contributed by atoms with Gasteiger partial charge in [-0.05, 0) is 131 Å². The van der Waals surface area contributed by atoms with Crippen LogP contribution in [0.15, 0.2) is 218 Å². The summed E-state index contributed by atoms with van der Waals surface area (Å²) in [6.07, 6.45) is 0. The number of carbonyl (C=O) groups is 3. The van der Waals surface area contributed by atoms with Gasteiger partial charge in [-0.25, -0.2) is 14.4 Å². The maximum Gasteiger partial charge on any atom is 0.352 e. The van der Waals surface area contributed by atoms with Gasteiger partial charge in [-0.15, -0.1) is 45.0 Å². The molecule has 420 valence electrons. The van der Waals surface area contributed by atoms with Gasteiger partial charge in [0.2, 0.25) is 16.8 Å². The molecule has 9 aromatic carbocycles. The van der Waals surface area contributed by atoms with Crippen LogP contribution in [0.5, 0.6) is 17.2 Å². The molecule has 0 radical (unpaired) electrons. The van der Waals surface area contributed by atoms with Gasteiger partial charge in [0.1, 0.15) is 67.4 Å². The van der Waals surface area contributed by atoms with Gasteiger partial charge in [-0.1, -0.05) is 146 Å². The van der Waals surface area contributed by atoms with E-state index in [4.69, 9.17) is 14.2 Å². The Kier molecular flexibility index (Phi) is 15.8. The molecule has 0 saturated carbocycles. The molecule has 0 aliphatic heterocycles. The number of fused-ring (bicyclic) bond motifs is 3. The fourth-order valence-electron chi connectivity index (χ4n) is 9.12. The van der Waals surface area contributed by atoms with Crippen molar-refractivity contribution in [3.63, 3.8) is 0 Å². The fraction of sp³-hybridized carbons (Fsp3) is 0.136. The third kappa shape index (κ3) is 11.8. The Morgan fingerprint density at radius 2 is 0.524 bits per heavy atom. The molecular formula is C66H57N9O9. The molecule has 84 heavy (non-hydrogen) atoms. The molecule has 18 heteroatoms. The highest BCUT2D eigenvalue weighted by Crippen LogP contribution is 2.37. The summed E-state index contributed by atoms with van der Waals surface area (Å²) in [4.78, 5) is 40.8. The van der Waals surface area contributed by atoms with E-state index in [-0.39, 0.29) is 0 Å². The van der Waals surface area contributed by atoms with E-state index < -0.39 is 34.7 Å². The summed E-state index contributed by atoms with van der Waals surface area (Å²) in [6.45, 7) is 10.5. The smallest absolute Gasteiger partial charge is 0.352 e. The van der Waals surface area contributed by atoms with Gasteiger partial charge in [-0.3, -0.25) is 0 Å². The van der Waals surface area contributed by atoms with E-state index in [0.29, 0.717) is 51.0 Å². The Morgan fingerprint density at radius 1 is 0.321 bits per heavy atom. The molecule has 0 saturated heterocycles. The number of hydrogen-bond donors (Lipinski definition) is 3. The van der Waals surface area contributed by atoms with Crippen LogP contribution >= 0.6 is 0 Å². The van der Waals surface area contributed by atoms with Crippen molar-refractivity contribution in [2.24, 2.45) is 0 Å². The van der Waals surface area contributed by atoms with Crippen LogP contribution in [-0.2, 0) is 31.2 Å². The highest BCUT2D eigenvalue weighted by molar-refractivity contribution is 5.82. The highest BCUT2D eigenvalue weighted by Gasteiger charge is 2.41. The van der Waals surface area contributed by atoms with Gasteiger partial charge < -0.3 is 29.5 Å². The van der Waals surface area contributed by atoms with Gasteiger partial charge in [-0.2, -0.15) is 0 Å². The average Bonchev–Trinajstić information content (AvgIpc) is 3.97. The number of rotatable bonds is 15. The minimum absolute atomic E-state index is 0.389. The largest absolute Gasteiger partial charge is 0.478 e. The number of aliphatic carboxylic acids is 3. The van der Waals surface area contributed by atoms with Crippen LogP contribution in [0.25, 0.3) is 50.2 Å². The van der Waals surface area contributed by atoms with Crippen molar-refractivity contribution < 1.29 is 43.9 Å². The SMILES string of the molecule is Cc1ccc(OC(C)(C(=O)O)c2ccccc2)c(-n2nc3ccccc3n2)c1.Cc1ccc(OC(C)(C(=O)O)c2ccccc2)c(-n2nc3ccccc3n2)c1.Cc1ccc(OC(C)(C(=O)O)c2ccccc2)c(-n2nc3ccccc3n2)c1. The van der Waals surface area contributed by atoms with Gasteiger partial charge in [0.05, 0.1) is 0 Å². The Bertz CT molecular complexity index is 3800. The maximum absolute atomic E-state index is 12.1. The van der Waals surface area contributed by atoms with Crippen LogP contribution in [0.2, 0.25) is 0 Å². The summed E-state index contributed by atoms with van der Waals surface area (Å²) in [7, 11) is 0. The lowest BCUT2D eigenvalue weighted by Gasteiger charge is -2.27. The number of hydrogen-bond acceptors (Lipinski definition) is 12. The van der Waals surface area contributed by atoms with E-state index in [1.54, 1.807) is 112 Å².